The fourth-order valence-electron chi connectivity index (χ4n) is 1.60. The third kappa shape index (κ3) is 3.07. The largest absolute Gasteiger partial charge is 0.477 e. The molecule has 0 bridgehead atoms. The lowest BCUT2D eigenvalue weighted by atomic mass is 10.2. The molecule has 2 aromatic rings. The molecule has 0 saturated heterocycles. The second-order valence-corrected chi connectivity index (χ2v) is 4.88. The van der Waals surface area contributed by atoms with Gasteiger partial charge < -0.3 is 10.0 Å². The monoisotopic (exact) mass is 262 g/mol. The number of likely N-dealkylation sites (N-methyl/N-ethyl adjacent to an activating group) is 1. The molecule has 0 spiro atoms. The highest BCUT2D eigenvalue weighted by Crippen LogP contribution is 2.22. The Bertz CT molecular complexity index is 525. The van der Waals surface area contributed by atoms with Crippen LogP contribution in [0.2, 0.25) is 0 Å². The predicted octanol–water partition coefficient (Wildman–Crippen LogP) is 2.52. The van der Waals surface area contributed by atoms with Gasteiger partial charge in [0.1, 0.15) is 4.88 Å². The van der Waals surface area contributed by atoms with E-state index in [2.05, 4.69) is 4.98 Å². The molecule has 0 fully saturated rings. The summed E-state index contributed by atoms with van der Waals surface area (Å²) in [6.45, 7) is 0.812. The molecule has 0 unspecified atom stereocenters. The van der Waals surface area contributed by atoms with Crippen molar-refractivity contribution in [2.75, 3.05) is 18.5 Å². The zero-order valence-electron chi connectivity index (χ0n) is 10.0. The summed E-state index contributed by atoms with van der Waals surface area (Å²) in [6.07, 6.45) is 2.62. The maximum atomic E-state index is 10.8. The SMILES string of the molecule is CN(CCc1ccccn1)c1csc(C(=O)O)c1. The highest BCUT2D eigenvalue weighted by atomic mass is 32.1. The molecule has 0 atom stereocenters. The van der Waals surface area contributed by atoms with Crippen LogP contribution in [-0.4, -0.2) is 29.7 Å². The molecule has 0 amide bonds. The van der Waals surface area contributed by atoms with Crippen molar-refractivity contribution in [3.05, 3.63) is 46.4 Å². The van der Waals surface area contributed by atoms with Gasteiger partial charge in [0.15, 0.2) is 0 Å². The zero-order chi connectivity index (χ0) is 13.0. The molecule has 0 aliphatic carbocycles. The molecule has 0 saturated carbocycles. The van der Waals surface area contributed by atoms with Crippen LogP contribution < -0.4 is 4.90 Å². The number of pyridine rings is 1. The average Bonchev–Trinajstić information content (AvgIpc) is 2.87. The van der Waals surface area contributed by atoms with E-state index in [-0.39, 0.29) is 0 Å². The first-order chi connectivity index (χ1) is 8.66. The Labute approximate surface area is 110 Å². The Hall–Kier alpha value is -1.88. The van der Waals surface area contributed by atoms with Gasteiger partial charge in [-0.05, 0) is 18.2 Å². The molecule has 0 aromatic carbocycles. The number of carboxylic acid groups (broad SMARTS) is 1. The standard InChI is InChI=1S/C13H14N2O2S/c1-15(7-5-10-4-2-3-6-14-10)11-8-12(13(16)17)18-9-11/h2-4,6,8-9H,5,7H2,1H3,(H,16,17). The Kier molecular flexibility index (Phi) is 3.94. The van der Waals surface area contributed by atoms with Crippen molar-refractivity contribution in [2.45, 2.75) is 6.42 Å². The molecule has 1 N–H and O–H groups in total. The van der Waals surface area contributed by atoms with E-state index in [4.69, 9.17) is 5.11 Å². The number of rotatable bonds is 5. The molecule has 94 valence electrons. The minimum absolute atomic E-state index is 0.370. The van der Waals surface area contributed by atoms with Crippen LogP contribution in [0.15, 0.2) is 35.8 Å². The summed E-state index contributed by atoms with van der Waals surface area (Å²) in [5.74, 6) is -0.871. The predicted molar refractivity (Wildman–Crippen MR) is 72.5 cm³/mol. The number of thiophene rings is 1. The van der Waals surface area contributed by atoms with Crippen molar-refractivity contribution in [1.29, 1.82) is 0 Å². The lowest BCUT2D eigenvalue weighted by Crippen LogP contribution is -2.20. The summed E-state index contributed by atoms with van der Waals surface area (Å²) in [7, 11) is 1.95. The van der Waals surface area contributed by atoms with Crippen LogP contribution in [0.25, 0.3) is 0 Å². The summed E-state index contributed by atoms with van der Waals surface area (Å²) < 4.78 is 0. The number of carboxylic acids is 1. The lowest BCUT2D eigenvalue weighted by Gasteiger charge is -2.16. The molecule has 2 aromatic heterocycles. The van der Waals surface area contributed by atoms with Gasteiger partial charge in [0.05, 0.1) is 0 Å². The van der Waals surface area contributed by atoms with Gasteiger partial charge in [-0.3, -0.25) is 4.98 Å². The van der Waals surface area contributed by atoms with Gasteiger partial charge in [0.2, 0.25) is 0 Å². The van der Waals surface area contributed by atoms with Gasteiger partial charge in [-0.2, -0.15) is 0 Å². The molecule has 18 heavy (non-hydrogen) atoms. The van der Waals surface area contributed by atoms with E-state index in [0.717, 1.165) is 24.3 Å². The Morgan fingerprint density at radius 2 is 2.33 bits per heavy atom. The summed E-state index contributed by atoms with van der Waals surface area (Å²) in [6, 6.07) is 7.55. The Morgan fingerprint density at radius 1 is 1.50 bits per heavy atom. The Balaban J connectivity index is 1.95. The fourth-order valence-corrected chi connectivity index (χ4v) is 2.38. The van der Waals surface area contributed by atoms with Crippen LogP contribution >= 0.6 is 11.3 Å². The van der Waals surface area contributed by atoms with Crippen molar-refractivity contribution in [3.63, 3.8) is 0 Å². The van der Waals surface area contributed by atoms with Crippen molar-refractivity contribution in [1.82, 2.24) is 4.98 Å². The van der Waals surface area contributed by atoms with E-state index < -0.39 is 5.97 Å². The number of nitrogens with zero attached hydrogens (tertiary/aromatic N) is 2. The molecular formula is C13H14N2O2S. The van der Waals surface area contributed by atoms with E-state index in [1.54, 1.807) is 12.3 Å². The topological polar surface area (TPSA) is 53.4 Å². The van der Waals surface area contributed by atoms with E-state index in [0.29, 0.717) is 4.88 Å². The van der Waals surface area contributed by atoms with E-state index in [9.17, 15) is 4.79 Å². The highest BCUT2D eigenvalue weighted by molar-refractivity contribution is 7.12. The van der Waals surface area contributed by atoms with Gasteiger partial charge in [-0.15, -0.1) is 11.3 Å². The Morgan fingerprint density at radius 3 is 2.94 bits per heavy atom. The maximum Gasteiger partial charge on any atom is 0.345 e. The molecule has 0 radical (unpaired) electrons. The number of anilines is 1. The van der Waals surface area contributed by atoms with Gasteiger partial charge in [0.25, 0.3) is 0 Å². The highest BCUT2D eigenvalue weighted by Gasteiger charge is 2.09. The first-order valence-electron chi connectivity index (χ1n) is 5.59. The zero-order valence-corrected chi connectivity index (χ0v) is 10.9. The molecule has 4 nitrogen and oxygen atoms in total. The first kappa shape index (κ1) is 12.6. The van der Waals surface area contributed by atoms with Crippen LogP contribution in [0.3, 0.4) is 0 Å². The van der Waals surface area contributed by atoms with Crippen molar-refractivity contribution < 1.29 is 9.90 Å². The molecule has 2 heterocycles. The average molecular weight is 262 g/mol. The van der Waals surface area contributed by atoms with Gasteiger partial charge in [-0.25, -0.2) is 4.79 Å². The van der Waals surface area contributed by atoms with E-state index >= 15 is 0 Å². The van der Waals surface area contributed by atoms with Crippen LogP contribution in [0.1, 0.15) is 15.4 Å². The maximum absolute atomic E-state index is 10.8. The minimum atomic E-state index is -0.871. The second-order valence-electron chi connectivity index (χ2n) is 3.97. The summed E-state index contributed by atoms with van der Waals surface area (Å²) in [5, 5.41) is 10.7. The van der Waals surface area contributed by atoms with Crippen LogP contribution in [0.4, 0.5) is 5.69 Å². The van der Waals surface area contributed by atoms with E-state index in [1.165, 1.54) is 11.3 Å². The number of hydrogen-bond acceptors (Lipinski definition) is 4. The summed E-state index contributed by atoms with van der Waals surface area (Å²) >= 11 is 1.25. The molecule has 0 aliphatic rings. The second kappa shape index (κ2) is 5.64. The quantitative estimate of drug-likeness (QED) is 0.899. The smallest absolute Gasteiger partial charge is 0.345 e. The van der Waals surface area contributed by atoms with Crippen LogP contribution in [0, 0.1) is 0 Å². The minimum Gasteiger partial charge on any atom is -0.477 e. The van der Waals surface area contributed by atoms with Crippen molar-refractivity contribution in [2.24, 2.45) is 0 Å². The van der Waals surface area contributed by atoms with Crippen molar-refractivity contribution >= 4 is 23.0 Å². The fraction of sp³-hybridized carbons (Fsp3) is 0.231. The van der Waals surface area contributed by atoms with Gasteiger partial charge in [-0.1, -0.05) is 6.07 Å². The number of carbonyl (C=O) groups is 1. The van der Waals surface area contributed by atoms with Crippen molar-refractivity contribution in [3.8, 4) is 0 Å². The lowest BCUT2D eigenvalue weighted by molar-refractivity contribution is 0.0702. The van der Waals surface area contributed by atoms with Crippen LogP contribution in [-0.2, 0) is 6.42 Å². The third-order valence-corrected chi connectivity index (χ3v) is 3.57. The third-order valence-electron chi connectivity index (χ3n) is 2.67. The molecular weight excluding hydrogens is 248 g/mol. The normalized spacial score (nSPS) is 10.3. The molecule has 0 aliphatic heterocycles. The summed E-state index contributed by atoms with van der Waals surface area (Å²) in [5.41, 5.74) is 1.98. The molecule has 5 heteroatoms. The number of aromatic carboxylic acids is 1. The first-order valence-corrected chi connectivity index (χ1v) is 6.47. The molecule has 2 rings (SSSR count). The number of hydrogen-bond donors (Lipinski definition) is 1. The van der Waals surface area contributed by atoms with Crippen LogP contribution in [0.5, 0.6) is 0 Å². The summed E-state index contributed by atoms with van der Waals surface area (Å²) in [4.78, 5) is 17.5. The van der Waals surface area contributed by atoms with Gasteiger partial charge in [0, 0.05) is 43.0 Å². The van der Waals surface area contributed by atoms with E-state index in [1.807, 2.05) is 35.5 Å². The van der Waals surface area contributed by atoms with Gasteiger partial charge >= 0.3 is 5.97 Å². The number of aromatic nitrogens is 1.